The number of esters is 2. The molecule has 0 aliphatic carbocycles. The SMILES string of the molecule is O=C(Oc1ccc(OC(=O)C(F)(F)C(F)(F)F)cc1)C(F)(F)C(F)(F)F. The van der Waals surface area contributed by atoms with Gasteiger partial charge in [0.2, 0.25) is 0 Å². The lowest BCUT2D eigenvalue weighted by Crippen LogP contribution is -2.46. The molecule has 26 heavy (non-hydrogen) atoms. The summed E-state index contributed by atoms with van der Waals surface area (Å²) in [6, 6.07) is 1.66. The maximum Gasteiger partial charge on any atom is 0.465 e. The van der Waals surface area contributed by atoms with Crippen LogP contribution in [-0.2, 0) is 9.59 Å². The Balaban J connectivity index is 2.85. The minimum atomic E-state index is -6.25. The molecule has 0 saturated carbocycles. The predicted octanol–water partition coefficient (Wildman–Crippen LogP) is 3.89. The average molecular weight is 402 g/mol. The molecular weight excluding hydrogens is 398 g/mol. The number of halogens is 10. The number of hydrogen-bond donors (Lipinski definition) is 0. The second-order valence-electron chi connectivity index (χ2n) is 4.39. The number of benzene rings is 1. The maximum atomic E-state index is 12.6. The molecule has 1 aromatic rings. The number of hydrogen-bond acceptors (Lipinski definition) is 4. The molecular formula is C12H4F10O4. The molecule has 4 nitrogen and oxygen atoms in total. The Labute approximate surface area is 136 Å². The summed E-state index contributed by atoms with van der Waals surface area (Å²) < 4.78 is 130. The van der Waals surface area contributed by atoms with E-state index >= 15 is 0 Å². The van der Waals surface area contributed by atoms with Crippen LogP contribution in [0.4, 0.5) is 43.9 Å². The molecule has 0 unspecified atom stereocenters. The summed E-state index contributed by atoms with van der Waals surface area (Å²) in [4.78, 5) is 21.6. The highest BCUT2D eigenvalue weighted by molar-refractivity contribution is 5.81. The fourth-order valence-corrected chi connectivity index (χ4v) is 1.15. The molecule has 0 aliphatic heterocycles. The van der Waals surface area contributed by atoms with E-state index in [4.69, 9.17) is 0 Å². The summed E-state index contributed by atoms with van der Waals surface area (Å²) in [5.74, 6) is -19.7. The summed E-state index contributed by atoms with van der Waals surface area (Å²) in [7, 11) is 0. The second kappa shape index (κ2) is 6.64. The molecule has 0 radical (unpaired) electrons. The topological polar surface area (TPSA) is 52.6 Å². The van der Waals surface area contributed by atoms with Crippen LogP contribution < -0.4 is 9.47 Å². The number of ether oxygens (including phenoxy) is 2. The zero-order chi connectivity index (χ0) is 20.6. The Hall–Kier alpha value is -2.54. The molecule has 0 fully saturated rings. The van der Waals surface area contributed by atoms with Gasteiger partial charge in [-0.2, -0.15) is 43.9 Å². The molecule has 1 rings (SSSR count). The first-order chi connectivity index (χ1) is 11.5. The van der Waals surface area contributed by atoms with Gasteiger partial charge in [0.1, 0.15) is 11.5 Å². The molecule has 0 aromatic heterocycles. The first-order valence-electron chi connectivity index (χ1n) is 5.94. The van der Waals surface area contributed by atoms with Gasteiger partial charge in [-0.1, -0.05) is 0 Å². The molecule has 0 amide bonds. The Morgan fingerprint density at radius 1 is 0.577 bits per heavy atom. The largest absolute Gasteiger partial charge is 0.465 e. The van der Waals surface area contributed by atoms with Gasteiger partial charge in [-0.3, -0.25) is 0 Å². The molecule has 0 N–H and O–H groups in total. The zero-order valence-electron chi connectivity index (χ0n) is 11.7. The Morgan fingerprint density at radius 2 is 0.808 bits per heavy atom. The Bertz CT molecular complexity index is 616. The smallest absolute Gasteiger partial charge is 0.422 e. The highest BCUT2D eigenvalue weighted by Crippen LogP contribution is 2.38. The van der Waals surface area contributed by atoms with Crippen LogP contribution in [0.25, 0.3) is 0 Å². The lowest BCUT2D eigenvalue weighted by Gasteiger charge is -2.18. The predicted molar refractivity (Wildman–Crippen MR) is 59.7 cm³/mol. The van der Waals surface area contributed by atoms with E-state index in [1.807, 2.05) is 0 Å². The van der Waals surface area contributed by atoms with Crippen LogP contribution in [0.2, 0.25) is 0 Å². The van der Waals surface area contributed by atoms with E-state index in [1.165, 1.54) is 0 Å². The van der Waals surface area contributed by atoms with Crippen molar-refractivity contribution in [3.63, 3.8) is 0 Å². The van der Waals surface area contributed by atoms with E-state index in [9.17, 15) is 53.5 Å². The summed E-state index contributed by atoms with van der Waals surface area (Å²) in [6.07, 6.45) is -12.5. The highest BCUT2D eigenvalue weighted by atomic mass is 19.4. The van der Waals surface area contributed by atoms with Crippen molar-refractivity contribution in [2.45, 2.75) is 24.2 Å². The molecule has 0 aliphatic rings. The minimum absolute atomic E-state index is 0.415. The number of carbonyl (C=O) groups excluding carboxylic acids is 2. The van der Waals surface area contributed by atoms with Crippen LogP contribution in [0.3, 0.4) is 0 Å². The first kappa shape index (κ1) is 21.5. The van der Waals surface area contributed by atoms with Gasteiger partial charge in [0.15, 0.2) is 0 Å². The first-order valence-corrected chi connectivity index (χ1v) is 5.94. The third kappa shape index (κ3) is 4.35. The van der Waals surface area contributed by atoms with E-state index in [0.29, 0.717) is 24.3 Å². The maximum absolute atomic E-state index is 12.6. The van der Waals surface area contributed by atoms with E-state index in [2.05, 4.69) is 9.47 Å². The Morgan fingerprint density at radius 3 is 1.00 bits per heavy atom. The number of rotatable bonds is 4. The van der Waals surface area contributed by atoms with Crippen LogP contribution in [0.5, 0.6) is 11.5 Å². The van der Waals surface area contributed by atoms with Crippen molar-refractivity contribution in [3.05, 3.63) is 24.3 Å². The Kier molecular flexibility index (Phi) is 5.49. The van der Waals surface area contributed by atoms with Crippen molar-refractivity contribution < 1.29 is 63.0 Å². The van der Waals surface area contributed by atoms with Gasteiger partial charge < -0.3 is 9.47 Å². The lowest BCUT2D eigenvalue weighted by atomic mass is 10.3. The molecule has 0 heterocycles. The van der Waals surface area contributed by atoms with Gasteiger partial charge in [0.25, 0.3) is 0 Å². The van der Waals surface area contributed by atoms with Crippen molar-refractivity contribution in [1.29, 1.82) is 0 Å². The van der Waals surface area contributed by atoms with Gasteiger partial charge in [-0.25, -0.2) is 9.59 Å². The van der Waals surface area contributed by atoms with Crippen molar-refractivity contribution in [2.24, 2.45) is 0 Å². The van der Waals surface area contributed by atoms with Crippen molar-refractivity contribution in [3.8, 4) is 11.5 Å². The second-order valence-corrected chi connectivity index (χ2v) is 4.39. The normalized spacial score (nSPS) is 13.3. The van der Waals surface area contributed by atoms with Crippen LogP contribution in [0, 0.1) is 0 Å². The molecule has 0 saturated heterocycles. The van der Waals surface area contributed by atoms with Gasteiger partial charge in [0.05, 0.1) is 0 Å². The number of alkyl halides is 10. The van der Waals surface area contributed by atoms with Gasteiger partial charge in [0, 0.05) is 0 Å². The standard InChI is InChI=1S/C12H4F10O4/c13-9(14,11(17,18)19)7(23)25-5-1-2-6(4-3-5)26-8(24)10(15,16)12(20,21)22/h1-4H. The summed E-state index contributed by atoms with van der Waals surface area (Å²) in [6.45, 7) is 0. The molecule has 14 heteroatoms. The van der Waals surface area contributed by atoms with Crippen LogP contribution >= 0.6 is 0 Å². The molecule has 0 atom stereocenters. The van der Waals surface area contributed by atoms with Crippen LogP contribution in [0.1, 0.15) is 0 Å². The van der Waals surface area contributed by atoms with Crippen molar-refractivity contribution in [1.82, 2.24) is 0 Å². The zero-order valence-corrected chi connectivity index (χ0v) is 11.7. The summed E-state index contributed by atoms with van der Waals surface area (Å²) >= 11 is 0. The summed E-state index contributed by atoms with van der Waals surface area (Å²) in [5.41, 5.74) is 0. The summed E-state index contributed by atoms with van der Waals surface area (Å²) in [5, 5.41) is 0. The fourth-order valence-electron chi connectivity index (χ4n) is 1.15. The molecule has 0 spiro atoms. The fraction of sp³-hybridized carbons (Fsp3) is 0.333. The highest BCUT2D eigenvalue weighted by Gasteiger charge is 2.66. The van der Waals surface area contributed by atoms with Gasteiger partial charge in [-0.05, 0) is 24.3 Å². The van der Waals surface area contributed by atoms with E-state index in [0.717, 1.165) is 0 Å². The quantitative estimate of drug-likeness (QED) is 0.436. The van der Waals surface area contributed by atoms with Gasteiger partial charge in [-0.15, -0.1) is 0 Å². The average Bonchev–Trinajstić information content (AvgIpc) is 2.46. The van der Waals surface area contributed by atoms with E-state index in [-0.39, 0.29) is 0 Å². The van der Waals surface area contributed by atoms with Crippen molar-refractivity contribution >= 4 is 11.9 Å². The van der Waals surface area contributed by atoms with Gasteiger partial charge >= 0.3 is 36.1 Å². The monoisotopic (exact) mass is 402 g/mol. The van der Waals surface area contributed by atoms with E-state index < -0.39 is 47.6 Å². The lowest BCUT2D eigenvalue weighted by molar-refractivity contribution is -0.277. The van der Waals surface area contributed by atoms with Crippen LogP contribution in [0.15, 0.2) is 24.3 Å². The number of carbonyl (C=O) groups is 2. The molecule has 1 aromatic carbocycles. The van der Waals surface area contributed by atoms with Crippen LogP contribution in [-0.4, -0.2) is 36.1 Å². The van der Waals surface area contributed by atoms with Crippen molar-refractivity contribution in [2.75, 3.05) is 0 Å². The molecule has 146 valence electrons. The third-order valence-corrected chi connectivity index (χ3v) is 2.47. The van der Waals surface area contributed by atoms with E-state index in [1.54, 1.807) is 0 Å². The molecule has 0 bridgehead atoms. The third-order valence-electron chi connectivity index (χ3n) is 2.47. The minimum Gasteiger partial charge on any atom is -0.422 e.